The third-order valence-electron chi connectivity index (χ3n) is 4.42. The van der Waals surface area contributed by atoms with Crippen LogP contribution in [0.25, 0.3) is 11.1 Å². The summed E-state index contributed by atoms with van der Waals surface area (Å²) in [6.45, 7) is 5.36. The first kappa shape index (κ1) is 18.5. The predicted molar refractivity (Wildman–Crippen MR) is 103 cm³/mol. The van der Waals surface area contributed by atoms with Gasteiger partial charge in [-0.05, 0) is 29.2 Å². The monoisotopic (exact) mass is 363 g/mol. The van der Waals surface area contributed by atoms with Crippen molar-refractivity contribution in [2.24, 2.45) is 0 Å². The highest BCUT2D eigenvalue weighted by atomic mass is 16.6. The van der Waals surface area contributed by atoms with Crippen molar-refractivity contribution in [2.75, 3.05) is 13.2 Å². The van der Waals surface area contributed by atoms with Crippen LogP contribution in [0.1, 0.15) is 24.0 Å². The van der Waals surface area contributed by atoms with Crippen LogP contribution in [0, 0.1) is 0 Å². The molecule has 2 aromatic carbocycles. The second-order valence-electron chi connectivity index (χ2n) is 6.04. The minimum Gasteiger partial charge on any atom is -0.457 e. The Morgan fingerprint density at radius 2 is 1.63 bits per heavy atom. The normalized spacial score (nSPS) is 12.7. The van der Waals surface area contributed by atoms with E-state index in [-0.39, 0.29) is 24.8 Å². The molecule has 1 aliphatic carbocycles. The standard InChI is InChI=1S/C22H21NO4/c1-3-13-26-21(24)20(4-2)23-22(25)27-14-19-17-11-7-5-9-15(17)16-10-6-8-12-18(16)19/h3-12,19H,1,13-14H2,2H3,(H,23,25)/b20-4+. The van der Waals surface area contributed by atoms with E-state index in [2.05, 4.69) is 24.0 Å². The maximum Gasteiger partial charge on any atom is 0.411 e. The molecule has 3 rings (SSSR count). The van der Waals surface area contributed by atoms with Gasteiger partial charge in [0.15, 0.2) is 0 Å². The van der Waals surface area contributed by atoms with Crippen molar-refractivity contribution in [3.8, 4) is 11.1 Å². The number of amides is 1. The summed E-state index contributed by atoms with van der Waals surface area (Å²) in [4.78, 5) is 24.0. The zero-order valence-corrected chi connectivity index (χ0v) is 15.1. The lowest BCUT2D eigenvalue weighted by Gasteiger charge is -2.15. The highest BCUT2D eigenvalue weighted by molar-refractivity contribution is 5.92. The molecule has 0 unspecified atom stereocenters. The first-order chi connectivity index (χ1) is 13.2. The van der Waals surface area contributed by atoms with Crippen molar-refractivity contribution < 1.29 is 19.1 Å². The van der Waals surface area contributed by atoms with Crippen LogP contribution in [0.3, 0.4) is 0 Å². The zero-order valence-electron chi connectivity index (χ0n) is 15.1. The van der Waals surface area contributed by atoms with E-state index in [1.165, 1.54) is 12.2 Å². The van der Waals surface area contributed by atoms with Gasteiger partial charge in [0.25, 0.3) is 0 Å². The van der Waals surface area contributed by atoms with E-state index >= 15 is 0 Å². The van der Waals surface area contributed by atoms with Crippen LogP contribution < -0.4 is 5.32 Å². The van der Waals surface area contributed by atoms with Crippen LogP contribution in [-0.2, 0) is 14.3 Å². The number of carbonyl (C=O) groups excluding carboxylic acids is 2. The Morgan fingerprint density at radius 3 is 2.19 bits per heavy atom. The molecule has 0 aromatic heterocycles. The number of esters is 1. The summed E-state index contributed by atoms with van der Waals surface area (Å²) in [6, 6.07) is 16.2. The average Bonchev–Trinajstić information content (AvgIpc) is 3.02. The highest BCUT2D eigenvalue weighted by Crippen LogP contribution is 2.44. The van der Waals surface area contributed by atoms with Crippen molar-refractivity contribution >= 4 is 12.1 Å². The van der Waals surface area contributed by atoms with Crippen LogP contribution in [0.2, 0.25) is 0 Å². The molecule has 0 atom stereocenters. The number of hydrogen-bond acceptors (Lipinski definition) is 4. The Kier molecular flexibility index (Phi) is 5.71. The molecule has 1 amide bonds. The Bertz CT molecular complexity index is 855. The van der Waals surface area contributed by atoms with Gasteiger partial charge in [0.05, 0.1) is 0 Å². The summed E-state index contributed by atoms with van der Waals surface area (Å²) < 4.78 is 10.3. The van der Waals surface area contributed by atoms with Crippen molar-refractivity contribution in [2.45, 2.75) is 12.8 Å². The molecule has 138 valence electrons. The molecule has 27 heavy (non-hydrogen) atoms. The third kappa shape index (κ3) is 3.92. The number of carbonyl (C=O) groups is 2. The summed E-state index contributed by atoms with van der Waals surface area (Å²) in [5.41, 5.74) is 4.61. The number of hydrogen-bond donors (Lipinski definition) is 1. The molecule has 0 saturated heterocycles. The van der Waals surface area contributed by atoms with E-state index in [4.69, 9.17) is 9.47 Å². The molecular weight excluding hydrogens is 342 g/mol. The van der Waals surface area contributed by atoms with Gasteiger partial charge in [0.2, 0.25) is 0 Å². The molecule has 0 heterocycles. The van der Waals surface area contributed by atoms with Crippen LogP contribution in [0.5, 0.6) is 0 Å². The van der Waals surface area contributed by atoms with Gasteiger partial charge in [-0.15, -0.1) is 0 Å². The molecule has 0 aliphatic heterocycles. The van der Waals surface area contributed by atoms with Gasteiger partial charge in [0, 0.05) is 5.92 Å². The maximum absolute atomic E-state index is 12.2. The first-order valence-electron chi connectivity index (χ1n) is 8.72. The van der Waals surface area contributed by atoms with Gasteiger partial charge in [0.1, 0.15) is 18.9 Å². The van der Waals surface area contributed by atoms with Gasteiger partial charge in [-0.25, -0.2) is 9.59 Å². The van der Waals surface area contributed by atoms with Crippen LogP contribution in [0.15, 0.2) is 73.0 Å². The summed E-state index contributed by atoms with van der Waals surface area (Å²) in [6.07, 6.45) is 2.23. The molecule has 0 radical (unpaired) electrons. The lowest BCUT2D eigenvalue weighted by molar-refractivity contribution is -0.138. The van der Waals surface area contributed by atoms with E-state index in [0.29, 0.717) is 0 Å². The number of fused-ring (bicyclic) bond motifs is 3. The lowest BCUT2D eigenvalue weighted by atomic mass is 9.98. The minimum atomic E-state index is -0.694. The van der Waals surface area contributed by atoms with Gasteiger partial charge >= 0.3 is 12.1 Å². The number of nitrogens with one attached hydrogen (secondary N) is 1. The largest absolute Gasteiger partial charge is 0.457 e. The van der Waals surface area contributed by atoms with Crippen LogP contribution >= 0.6 is 0 Å². The van der Waals surface area contributed by atoms with Gasteiger partial charge < -0.3 is 9.47 Å². The Morgan fingerprint density at radius 1 is 1.04 bits per heavy atom. The van der Waals surface area contributed by atoms with Crippen molar-refractivity contribution in [1.82, 2.24) is 5.32 Å². The minimum absolute atomic E-state index is 0.0362. The van der Waals surface area contributed by atoms with E-state index in [9.17, 15) is 9.59 Å². The third-order valence-corrected chi connectivity index (χ3v) is 4.42. The van der Waals surface area contributed by atoms with E-state index in [0.717, 1.165) is 22.3 Å². The number of allylic oxidation sites excluding steroid dienone is 1. The first-order valence-corrected chi connectivity index (χ1v) is 8.72. The van der Waals surface area contributed by atoms with Gasteiger partial charge in [-0.3, -0.25) is 5.32 Å². The van der Waals surface area contributed by atoms with E-state index in [1.54, 1.807) is 6.92 Å². The average molecular weight is 363 g/mol. The molecular formula is C22H21NO4. The fraction of sp³-hybridized carbons (Fsp3) is 0.182. The quantitative estimate of drug-likeness (QED) is 0.475. The SMILES string of the molecule is C=CCOC(=O)/C(=C\C)NC(=O)OCC1c2ccccc2-c2ccccc21. The molecule has 0 fully saturated rings. The van der Waals surface area contributed by atoms with Crippen LogP contribution in [-0.4, -0.2) is 25.3 Å². The fourth-order valence-electron chi connectivity index (χ4n) is 3.20. The number of alkyl carbamates (subject to hydrolysis) is 1. The smallest absolute Gasteiger partial charge is 0.411 e. The Balaban J connectivity index is 1.67. The van der Waals surface area contributed by atoms with Crippen molar-refractivity contribution in [3.63, 3.8) is 0 Å². The van der Waals surface area contributed by atoms with Crippen molar-refractivity contribution in [3.05, 3.63) is 84.1 Å². The summed E-state index contributed by atoms with van der Waals surface area (Å²) in [5.74, 6) is -0.671. The molecule has 1 aliphatic rings. The summed E-state index contributed by atoms with van der Waals surface area (Å²) in [7, 11) is 0. The lowest BCUT2D eigenvalue weighted by Crippen LogP contribution is -2.30. The van der Waals surface area contributed by atoms with E-state index in [1.807, 2.05) is 36.4 Å². The zero-order chi connectivity index (χ0) is 19.2. The molecule has 1 N–H and O–H groups in total. The Labute approximate surface area is 158 Å². The van der Waals surface area contributed by atoms with Crippen molar-refractivity contribution in [1.29, 1.82) is 0 Å². The second-order valence-corrected chi connectivity index (χ2v) is 6.04. The number of rotatable bonds is 6. The highest BCUT2D eigenvalue weighted by Gasteiger charge is 2.29. The fourth-order valence-corrected chi connectivity index (χ4v) is 3.20. The molecule has 0 saturated carbocycles. The molecule has 2 aromatic rings. The van der Waals surface area contributed by atoms with Gasteiger partial charge in [-0.2, -0.15) is 0 Å². The number of ether oxygens (including phenoxy) is 2. The maximum atomic E-state index is 12.2. The van der Waals surface area contributed by atoms with Gasteiger partial charge in [-0.1, -0.05) is 67.3 Å². The molecule has 0 bridgehead atoms. The Hall–Kier alpha value is -3.34. The summed E-state index contributed by atoms with van der Waals surface area (Å²) in [5, 5.41) is 2.44. The molecule has 5 heteroatoms. The number of benzene rings is 2. The van der Waals surface area contributed by atoms with Crippen LogP contribution in [0.4, 0.5) is 4.79 Å². The topological polar surface area (TPSA) is 64.6 Å². The molecule has 5 nitrogen and oxygen atoms in total. The summed E-state index contributed by atoms with van der Waals surface area (Å²) >= 11 is 0. The molecule has 0 spiro atoms. The predicted octanol–water partition coefficient (Wildman–Crippen LogP) is 4.16. The van der Waals surface area contributed by atoms with E-state index < -0.39 is 12.1 Å². The second kappa shape index (κ2) is 8.36.